The number of anilines is 1. The second-order valence-corrected chi connectivity index (χ2v) is 6.71. The van der Waals surface area contributed by atoms with Crippen molar-refractivity contribution in [2.45, 2.75) is 31.2 Å². The van der Waals surface area contributed by atoms with Crippen molar-refractivity contribution in [1.29, 1.82) is 0 Å². The third kappa shape index (κ3) is 3.99. The van der Waals surface area contributed by atoms with Crippen molar-refractivity contribution >= 4 is 29.0 Å². The smallest absolute Gasteiger partial charge is 0.337 e. The van der Waals surface area contributed by atoms with Crippen molar-refractivity contribution in [3.63, 3.8) is 0 Å². The van der Waals surface area contributed by atoms with Gasteiger partial charge in [-0.3, -0.25) is 0 Å². The molecular weight excluding hydrogens is 332 g/mol. The molecular formula is C20H22N2O2S. The maximum atomic E-state index is 11.7. The van der Waals surface area contributed by atoms with Gasteiger partial charge in [0.1, 0.15) is 0 Å². The lowest BCUT2D eigenvalue weighted by atomic mass is 9.88. The fourth-order valence-corrected chi connectivity index (χ4v) is 3.76. The number of thiocarbonyl (C=S) groups is 1. The van der Waals surface area contributed by atoms with E-state index in [9.17, 15) is 4.79 Å². The monoisotopic (exact) mass is 354 g/mol. The van der Waals surface area contributed by atoms with Crippen LogP contribution in [0.1, 0.15) is 41.6 Å². The lowest BCUT2D eigenvalue weighted by Gasteiger charge is -2.32. The average molecular weight is 354 g/mol. The molecule has 0 saturated heterocycles. The molecule has 0 aliphatic heterocycles. The van der Waals surface area contributed by atoms with Crippen LogP contribution in [0.25, 0.3) is 0 Å². The molecule has 0 bridgehead atoms. The lowest BCUT2D eigenvalue weighted by molar-refractivity contribution is 0.0601. The molecule has 2 aromatic rings. The molecule has 0 atom stereocenters. The Hall–Kier alpha value is -2.40. The van der Waals surface area contributed by atoms with E-state index in [1.807, 2.05) is 12.1 Å². The van der Waals surface area contributed by atoms with E-state index in [1.54, 1.807) is 18.2 Å². The first-order chi connectivity index (χ1) is 12.1. The largest absolute Gasteiger partial charge is 0.465 e. The molecule has 1 fully saturated rings. The summed E-state index contributed by atoms with van der Waals surface area (Å²) in [5.41, 5.74) is 2.40. The maximum absolute atomic E-state index is 11.7. The number of benzene rings is 2. The zero-order valence-corrected chi connectivity index (χ0v) is 15.1. The van der Waals surface area contributed by atoms with Crippen molar-refractivity contribution in [2.75, 3.05) is 12.4 Å². The Bertz CT molecular complexity index is 755. The van der Waals surface area contributed by atoms with Gasteiger partial charge in [0.25, 0.3) is 0 Å². The summed E-state index contributed by atoms with van der Waals surface area (Å²) < 4.78 is 4.76. The molecule has 25 heavy (non-hydrogen) atoms. The SMILES string of the molecule is COC(=O)c1cccc(NC(=S)NC2(c3ccccc3)CCCC2)c1. The normalized spacial score (nSPS) is 15.4. The van der Waals surface area contributed by atoms with Gasteiger partial charge in [0.05, 0.1) is 18.2 Å². The molecule has 0 spiro atoms. The van der Waals surface area contributed by atoms with E-state index in [4.69, 9.17) is 17.0 Å². The number of esters is 1. The van der Waals surface area contributed by atoms with Crippen LogP contribution in [0.15, 0.2) is 54.6 Å². The summed E-state index contributed by atoms with van der Waals surface area (Å²) >= 11 is 5.54. The fraction of sp³-hybridized carbons (Fsp3) is 0.300. The van der Waals surface area contributed by atoms with Crippen LogP contribution in [0, 0.1) is 0 Å². The van der Waals surface area contributed by atoms with Gasteiger partial charge in [-0.05, 0) is 48.8 Å². The number of hydrogen-bond acceptors (Lipinski definition) is 3. The van der Waals surface area contributed by atoms with E-state index >= 15 is 0 Å². The highest BCUT2D eigenvalue weighted by Gasteiger charge is 2.36. The summed E-state index contributed by atoms with van der Waals surface area (Å²) in [6, 6.07) is 17.6. The first-order valence-electron chi connectivity index (χ1n) is 8.46. The Balaban J connectivity index is 1.74. The van der Waals surface area contributed by atoms with Crippen LogP contribution in [-0.4, -0.2) is 18.2 Å². The van der Waals surface area contributed by atoms with Crippen LogP contribution in [-0.2, 0) is 10.3 Å². The molecule has 130 valence electrons. The third-order valence-electron chi connectivity index (χ3n) is 4.68. The van der Waals surface area contributed by atoms with Crippen LogP contribution in [0.4, 0.5) is 5.69 Å². The number of rotatable bonds is 4. The highest BCUT2D eigenvalue weighted by molar-refractivity contribution is 7.80. The van der Waals surface area contributed by atoms with E-state index in [1.165, 1.54) is 25.5 Å². The average Bonchev–Trinajstić information content (AvgIpc) is 3.11. The Morgan fingerprint density at radius 1 is 1.08 bits per heavy atom. The molecule has 4 nitrogen and oxygen atoms in total. The number of methoxy groups -OCH3 is 1. The molecule has 0 radical (unpaired) electrons. The molecule has 0 unspecified atom stereocenters. The Kier molecular flexibility index (Phi) is 5.34. The number of hydrogen-bond donors (Lipinski definition) is 2. The highest BCUT2D eigenvalue weighted by atomic mass is 32.1. The van der Waals surface area contributed by atoms with E-state index in [-0.39, 0.29) is 11.5 Å². The summed E-state index contributed by atoms with van der Waals surface area (Å²) in [7, 11) is 1.37. The van der Waals surface area contributed by atoms with E-state index in [0.29, 0.717) is 10.7 Å². The summed E-state index contributed by atoms with van der Waals surface area (Å²) in [6.45, 7) is 0. The number of ether oxygens (including phenoxy) is 1. The molecule has 5 heteroatoms. The van der Waals surface area contributed by atoms with Crippen LogP contribution in [0.5, 0.6) is 0 Å². The quantitative estimate of drug-likeness (QED) is 0.636. The lowest BCUT2D eigenvalue weighted by Crippen LogP contribution is -2.45. The molecule has 1 saturated carbocycles. The van der Waals surface area contributed by atoms with Crippen molar-refractivity contribution < 1.29 is 9.53 Å². The van der Waals surface area contributed by atoms with Gasteiger partial charge >= 0.3 is 5.97 Å². The van der Waals surface area contributed by atoms with Gasteiger partial charge in [0.2, 0.25) is 0 Å². The Morgan fingerprint density at radius 3 is 2.48 bits per heavy atom. The van der Waals surface area contributed by atoms with Gasteiger partial charge in [0, 0.05) is 5.69 Å². The van der Waals surface area contributed by atoms with E-state index in [2.05, 4.69) is 34.9 Å². The first-order valence-corrected chi connectivity index (χ1v) is 8.87. The molecule has 3 rings (SSSR count). The molecule has 2 aromatic carbocycles. The van der Waals surface area contributed by atoms with E-state index < -0.39 is 0 Å². The minimum atomic E-state index is -0.362. The Morgan fingerprint density at radius 2 is 1.80 bits per heavy atom. The van der Waals surface area contributed by atoms with Crippen molar-refractivity contribution in [2.24, 2.45) is 0 Å². The Labute approximate surface area is 153 Å². The number of carbonyl (C=O) groups excluding carboxylic acids is 1. The third-order valence-corrected chi connectivity index (χ3v) is 4.88. The zero-order chi connectivity index (χ0) is 17.7. The first kappa shape index (κ1) is 17.4. The van der Waals surface area contributed by atoms with Crippen LogP contribution < -0.4 is 10.6 Å². The minimum Gasteiger partial charge on any atom is -0.465 e. The van der Waals surface area contributed by atoms with Gasteiger partial charge in [-0.25, -0.2) is 4.79 Å². The number of carbonyl (C=O) groups is 1. The van der Waals surface area contributed by atoms with Crippen LogP contribution in [0.3, 0.4) is 0 Å². The van der Waals surface area contributed by atoms with Gasteiger partial charge in [-0.2, -0.15) is 0 Å². The fourth-order valence-electron chi connectivity index (χ4n) is 3.44. The summed E-state index contributed by atoms with van der Waals surface area (Å²) in [6.07, 6.45) is 4.48. The van der Waals surface area contributed by atoms with Crippen LogP contribution in [0.2, 0.25) is 0 Å². The molecule has 0 heterocycles. The standard InChI is InChI=1S/C20H22N2O2S/c1-24-18(23)15-8-7-11-17(14-15)21-19(25)22-20(12-5-6-13-20)16-9-3-2-4-10-16/h2-4,7-11,14H,5-6,12-13H2,1H3,(H2,21,22,25). The van der Waals surface area contributed by atoms with Gasteiger partial charge in [0.15, 0.2) is 5.11 Å². The molecule has 1 aliphatic rings. The van der Waals surface area contributed by atoms with Gasteiger partial charge in [-0.1, -0.05) is 49.2 Å². The predicted octanol–water partition coefficient (Wildman–Crippen LogP) is 4.23. The topological polar surface area (TPSA) is 50.4 Å². The zero-order valence-electron chi connectivity index (χ0n) is 14.2. The summed E-state index contributed by atoms with van der Waals surface area (Å²) in [4.78, 5) is 11.7. The summed E-state index contributed by atoms with van der Waals surface area (Å²) in [5, 5.41) is 7.28. The van der Waals surface area contributed by atoms with Gasteiger partial charge < -0.3 is 15.4 Å². The van der Waals surface area contributed by atoms with Crippen molar-refractivity contribution in [1.82, 2.24) is 5.32 Å². The van der Waals surface area contributed by atoms with Crippen molar-refractivity contribution in [3.05, 3.63) is 65.7 Å². The van der Waals surface area contributed by atoms with E-state index in [0.717, 1.165) is 18.5 Å². The molecule has 1 aliphatic carbocycles. The summed E-state index contributed by atoms with van der Waals surface area (Å²) in [5.74, 6) is -0.362. The van der Waals surface area contributed by atoms with Crippen LogP contribution >= 0.6 is 12.2 Å². The molecule has 0 amide bonds. The highest BCUT2D eigenvalue weighted by Crippen LogP contribution is 2.38. The minimum absolute atomic E-state index is 0.120. The van der Waals surface area contributed by atoms with Gasteiger partial charge in [-0.15, -0.1) is 0 Å². The second kappa shape index (κ2) is 7.66. The predicted molar refractivity (Wildman–Crippen MR) is 104 cm³/mol. The molecule has 2 N–H and O–H groups in total. The maximum Gasteiger partial charge on any atom is 0.337 e. The number of nitrogens with one attached hydrogen (secondary N) is 2. The molecule has 0 aromatic heterocycles. The second-order valence-electron chi connectivity index (χ2n) is 6.31. The van der Waals surface area contributed by atoms with Crippen molar-refractivity contribution in [3.8, 4) is 0 Å².